The van der Waals surface area contributed by atoms with Crippen LogP contribution in [0.3, 0.4) is 0 Å². The number of hydrogen-bond donors (Lipinski definition) is 2. The Hall–Kier alpha value is -0.160. The molecule has 0 spiro atoms. The lowest BCUT2D eigenvalue weighted by molar-refractivity contribution is 0.0491. The van der Waals surface area contributed by atoms with Crippen molar-refractivity contribution in [2.24, 2.45) is 0 Å². The lowest BCUT2D eigenvalue weighted by Gasteiger charge is -2.13. The summed E-state index contributed by atoms with van der Waals surface area (Å²) in [4.78, 5) is 0. The van der Waals surface area contributed by atoms with Crippen molar-refractivity contribution >= 4 is 0 Å². The Balaban J connectivity index is 1.84. The molecule has 0 aliphatic heterocycles. The van der Waals surface area contributed by atoms with Gasteiger partial charge in [-0.2, -0.15) is 0 Å². The fourth-order valence-electron chi connectivity index (χ4n) is 1.87. The normalized spacial score (nSPS) is 19.6. The second kappa shape index (κ2) is 8.05. The standard InChI is InChI=1S/C11H23NO3/c1-14-9-10(13)8-12-6-7-15-11-4-2-3-5-11/h10-13H,2-9H2,1H3. The van der Waals surface area contributed by atoms with Crippen LogP contribution < -0.4 is 5.32 Å². The van der Waals surface area contributed by atoms with Crippen LogP contribution in [0.5, 0.6) is 0 Å². The Bertz CT molecular complexity index is 149. The summed E-state index contributed by atoms with van der Waals surface area (Å²) in [6.45, 7) is 2.50. The number of aliphatic hydroxyl groups excluding tert-OH is 1. The van der Waals surface area contributed by atoms with Crippen molar-refractivity contribution in [2.75, 3.05) is 33.4 Å². The van der Waals surface area contributed by atoms with Gasteiger partial charge in [0.2, 0.25) is 0 Å². The lowest BCUT2D eigenvalue weighted by Crippen LogP contribution is -2.32. The van der Waals surface area contributed by atoms with Gasteiger partial charge in [0.25, 0.3) is 0 Å². The molecule has 1 unspecified atom stereocenters. The predicted octanol–water partition coefficient (Wildman–Crippen LogP) is 0.542. The molecule has 0 heterocycles. The van der Waals surface area contributed by atoms with E-state index in [-0.39, 0.29) is 0 Å². The van der Waals surface area contributed by atoms with Crippen LogP contribution >= 0.6 is 0 Å². The molecule has 4 heteroatoms. The van der Waals surface area contributed by atoms with E-state index in [1.54, 1.807) is 7.11 Å². The molecule has 0 amide bonds. The van der Waals surface area contributed by atoms with E-state index in [0.717, 1.165) is 13.2 Å². The summed E-state index contributed by atoms with van der Waals surface area (Å²) in [7, 11) is 1.59. The van der Waals surface area contributed by atoms with E-state index in [4.69, 9.17) is 9.47 Å². The average molecular weight is 217 g/mol. The Labute approximate surface area is 92.0 Å². The maximum absolute atomic E-state index is 9.33. The maximum Gasteiger partial charge on any atom is 0.0897 e. The summed E-state index contributed by atoms with van der Waals surface area (Å²) in [6.07, 6.45) is 5.12. The molecule has 4 nitrogen and oxygen atoms in total. The first-order valence-electron chi connectivity index (χ1n) is 5.82. The molecule has 0 radical (unpaired) electrons. The monoisotopic (exact) mass is 217 g/mol. The van der Waals surface area contributed by atoms with E-state index in [9.17, 15) is 5.11 Å². The van der Waals surface area contributed by atoms with E-state index in [0.29, 0.717) is 19.3 Å². The molecule has 1 fully saturated rings. The first kappa shape index (κ1) is 12.9. The predicted molar refractivity (Wildman–Crippen MR) is 59.0 cm³/mol. The van der Waals surface area contributed by atoms with E-state index < -0.39 is 6.10 Å². The van der Waals surface area contributed by atoms with Crippen molar-refractivity contribution in [3.63, 3.8) is 0 Å². The van der Waals surface area contributed by atoms with Gasteiger partial charge in [0.1, 0.15) is 0 Å². The van der Waals surface area contributed by atoms with Crippen molar-refractivity contribution < 1.29 is 14.6 Å². The van der Waals surface area contributed by atoms with Gasteiger partial charge < -0.3 is 19.9 Å². The zero-order chi connectivity index (χ0) is 10.9. The first-order chi connectivity index (χ1) is 7.33. The molecule has 0 saturated heterocycles. The van der Waals surface area contributed by atoms with Crippen LogP contribution in [0.15, 0.2) is 0 Å². The van der Waals surface area contributed by atoms with Crippen LogP contribution in [0.2, 0.25) is 0 Å². The number of methoxy groups -OCH3 is 1. The fourth-order valence-corrected chi connectivity index (χ4v) is 1.87. The highest BCUT2D eigenvalue weighted by Gasteiger charge is 2.14. The second-order valence-electron chi connectivity index (χ2n) is 4.09. The van der Waals surface area contributed by atoms with Gasteiger partial charge in [0, 0.05) is 20.2 Å². The Morgan fingerprint density at radius 1 is 1.40 bits per heavy atom. The molecule has 1 saturated carbocycles. The van der Waals surface area contributed by atoms with Gasteiger partial charge in [-0.3, -0.25) is 0 Å². The average Bonchev–Trinajstić information content (AvgIpc) is 2.70. The molecule has 1 rings (SSSR count). The third-order valence-electron chi connectivity index (χ3n) is 2.67. The van der Waals surface area contributed by atoms with Crippen LogP contribution in [-0.2, 0) is 9.47 Å². The smallest absolute Gasteiger partial charge is 0.0897 e. The summed E-state index contributed by atoms with van der Waals surface area (Å²) in [5, 5.41) is 12.5. The molecule has 0 bridgehead atoms. The minimum atomic E-state index is -0.415. The molecule has 1 aliphatic rings. The molecule has 1 aliphatic carbocycles. The van der Waals surface area contributed by atoms with Gasteiger partial charge in [-0.05, 0) is 12.8 Å². The molecule has 90 valence electrons. The van der Waals surface area contributed by atoms with Gasteiger partial charge in [0.15, 0.2) is 0 Å². The Kier molecular flexibility index (Phi) is 6.92. The van der Waals surface area contributed by atoms with E-state index in [1.807, 2.05) is 0 Å². The van der Waals surface area contributed by atoms with E-state index in [2.05, 4.69) is 5.32 Å². The molecular formula is C11H23NO3. The van der Waals surface area contributed by atoms with Gasteiger partial charge in [-0.15, -0.1) is 0 Å². The quantitative estimate of drug-likeness (QED) is 0.583. The van der Waals surface area contributed by atoms with Crippen molar-refractivity contribution in [1.29, 1.82) is 0 Å². The Morgan fingerprint density at radius 3 is 2.80 bits per heavy atom. The van der Waals surface area contributed by atoms with E-state index >= 15 is 0 Å². The molecule has 0 aromatic carbocycles. The summed E-state index contributed by atoms with van der Waals surface area (Å²) in [6, 6.07) is 0. The Morgan fingerprint density at radius 2 is 2.13 bits per heavy atom. The second-order valence-corrected chi connectivity index (χ2v) is 4.09. The molecule has 15 heavy (non-hydrogen) atoms. The van der Waals surface area contributed by atoms with Gasteiger partial charge in [-0.25, -0.2) is 0 Å². The highest BCUT2D eigenvalue weighted by molar-refractivity contribution is 4.67. The molecule has 1 atom stereocenters. The molecule has 2 N–H and O–H groups in total. The SMILES string of the molecule is COCC(O)CNCCOC1CCCC1. The number of hydrogen-bond acceptors (Lipinski definition) is 4. The lowest BCUT2D eigenvalue weighted by atomic mass is 10.3. The van der Waals surface area contributed by atoms with Crippen LogP contribution in [0.4, 0.5) is 0 Å². The highest BCUT2D eigenvalue weighted by atomic mass is 16.5. The summed E-state index contributed by atoms with van der Waals surface area (Å²) >= 11 is 0. The van der Waals surface area contributed by atoms with Crippen molar-refractivity contribution in [1.82, 2.24) is 5.32 Å². The van der Waals surface area contributed by atoms with E-state index in [1.165, 1.54) is 25.7 Å². The first-order valence-corrected chi connectivity index (χ1v) is 5.82. The van der Waals surface area contributed by atoms with Crippen molar-refractivity contribution in [3.8, 4) is 0 Å². The van der Waals surface area contributed by atoms with Gasteiger partial charge >= 0.3 is 0 Å². The van der Waals surface area contributed by atoms with Crippen LogP contribution in [0.1, 0.15) is 25.7 Å². The van der Waals surface area contributed by atoms with Crippen LogP contribution in [0.25, 0.3) is 0 Å². The topological polar surface area (TPSA) is 50.7 Å². The molecular weight excluding hydrogens is 194 g/mol. The third kappa shape index (κ3) is 6.10. The van der Waals surface area contributed by atoms with Gasteiger partial charge in [-0.1, -0.05) is 12.8 Å². The summed E-state index contributed by atoms with van der Waals surface area (Å²) in [5.74, 6) is 0. The molecule has 0 aromatic heterocycles. The zero-order valence-corrected chi connectivity index (χ0v) is 9.58. The number of ether oxygens (including phenoxy) is 2. The minimum absolute atomic E-state index is 0.385. The largest absolute Gasteiger partial charge is 0.389 e. The minimum Gasteiger partial charge on any atom is -0.389 e. The molecule has 0 aromatic rings. The highest BCUT2D eigenvalue weighted by Crippen LogP contribution is 2.20. The van der Waals surface area contributed by atoms with Crippen LogP contribution in [-0.4, -0.2) is 50.7 Å². The number of rotatable bonds is 8. The van der Waals surface area contributed by atoms with Crippen molar-refractivity contribution in [3.05, 3.63) is 0 Å². The summed E-state index contributed by atoms with van der Waals surface area (Å²) < 4.78 is 10.5. The summed E-state index contributed by atoms with van der Waals surface area (Å²) in [5.41, 5.74) is 0. The fraction of sp³-hybridized carbons (Fsp3) is 1.00. The number of nitrogens with one attached hydrogen (secondary N) is 1. The third-order valence-corrected chi connectivity index (χ3v) is 2.67. The maximum atomic E-state index is 9.33. The van der Waals surface area contributed by atoms with Crippen molar-refractivity contribution in [2.45, 2.75) is 37.9 Å². The zero-order valence-electron chi connectivity index (χ0n) is 9.58. The van der Waals surface area contributed by atoms with Crippen LogP contribution in [0, 0.1) is 0 Å². The van der Waals surface area contributed by atoms with Gasteiger partial charge in [0.05, 0.1) is 25.4 Å². The number of aliphatic hydroxyl groups is 1.